The maximum atomic E-state index is 12.5. The fraction of sp³-hybridized carbons (Fsp3) is 0.238. The summed E-state index contributed by atoms with van der Waals surface area (Å²) in [5, 5.41) is 3.82. The van der Waals surface area contributed by atoms with Crippen molar-refractivity contribution in [1.29, 1.82) is 0 Å². The summed E-state index contributed by atoms with van der Waals surface area (Å²) in [6.07, 6.45) is 1.73. The lowest BCUT2D eigenvalue weighted by Gasteiger charge is -2.21. The standard InChI is InChI=1S/C21H23N3O3S2/c1-15(2)24(3)29(26,27)17-10-8-16(9-11-17)23-21(25)14-28-20-12-13-22-19-7-5-4-6-18(19)20/h4-13,15H,14H2,1-3H3,(H,23,25). The first-order valence-corrected chi connectivity index (χ1v) is 11.6. The molecule has 0 radical (unpaired) electrons. The summed E-state index contributed by atoms with van der Waals surface area (Å²) in [5.74, 6) is 0.0789. The third-order valence-electron chi connectivity index (χ3n) is 4.51. The summed E-state index contributed by atoms with van der Waals surface area (Å²) in [6.45, 7) is 3.63. The van der Waals surface area contributed by atoms with Gasteiger partial charge >= 0.3 is 0 Å². The summed E-state index contributed by atoms with van der Waals surface area (Å²) in [7, 11) is -1.99. The van der Waals surface area contributed by atoms with E-state index in [9.17, 15) is 13.2 Å². The number of nitrogens with one attached hydrogen (secondary N) is 1. The van der Waals surface area contributed by atoms with Gasteiger partial charge in [0, 0.05) is 35.3 Å². The van der Waals surface area contributed by atoms with E-state index in [0.29, 0.717) is 5.69 Å². The molecule has 0 saturated heterocycles. The maximum absolute atomic E-state index is 12.5. The van der Waals surface area contributed by atoms with Gasteiger partial charge in [-0.25, -0.2) is 8.42 Å². The number of rotatable bonds is 7. The molecule has 3 aromatic rings. The van der Waals surface area contributed by atoms with Crippen molar-refractivity contribution in [2.75, 3.05) is 18.1 Å². The molecule has 0 fully saturated rings. The lowest BCUT2D eigenvalue weighted by Crippen LogP contribution is -2.33. The van der Waals surface area contributed by atoms with E-state index in [2.05, 4.69) is 10.3 Å². The average molecular weight is 430 g/mol. The highest BCUT2D eigenvalue weighted by atomic mass is 32.2. The number of nitrogens with zero attached hydrogens (tertiary/aromatic N) is 2. The first-order chi connectivity index (χ1) is 13.8. The molecule has 0 unspecified atom stereocenters. The van der Waals surface area contributed by atoms with Crippen LogP contribution in [-0.2, 0) is 14.8 Å². The number of anilines is 1. The largest absolute Gasteiger partial charge is 0.325 e. The van der Waals surface area contributed by atoms with E-state index in [-0.39, 0.29) is 22.6 Å². The van der Waals surface area contributed by atoms with Crippen molar-refractivity contribution in [3.8, 4) is 0 Å². The van der Waals surface area contributed by atoms with Crippen molar-refractivity contribution in [2.24, 2.45) is 0 Å². The highest BCUT2D eigenvalue weighted by molar-refractivity contribution is 8.00. The Morgan fingerprint density at radius 2 is 1.79 bits per heavy atom. The summed E-state index contributed by atoms with van der Waals surface area (Å²) < 4.78 is 26.3. The van der Waals surface area contributed by atoms with Gasteiger partial charge in [-0.05, 0) is 50.2 Å². The van der Waals surface area contributed by atoms with E-state index >= 15 is 0 Å². The topological polar surface area (TPSA) is 79.4 Å². The van der Waals surface area contributed by atoms with Gasteiger partial charge in [-0.3, -0.25) is 9.78 Å². The highest BCUT2D eigenvalue weighted by Gasteiger charge is 2.22. The molecule has 3 rings (SSSR count). The molecule has 0 aliphatic carbocycles. The number of thioether (sulfide) groups is 1. The van der Waals surface area contributed by atoms with Crippen LogP contribution in [0.2, 0.25) is 0 Å². The Bertz CT molecular complexity index is 1110. The molecule has 1 amide bonds. The second-order valence-corrected chi connectivity index (χ2v) is 9.82. The number of hydrogen-bond donors (Lipinski definition) is 1. The number of carbonyl (C=O) groups is 1. The van der Waals surface area contributed by atoms with Crippen molar-refractivity contribution in [1.82, 2.24) is 9.29 Å². The third kappa shape index (κ3) is 4.95. The monoisotopic (exact) mass is 429 g/mol. The smallest absolute Gasteiger partial charge is 0.243 e. The minimum absolute atomic E-state index is 0.138. The van der Waals surface area contributed by atoms with Gasteiger partial charge in [0.15, 0.2) is 0 Å². The minimum Gasteiger partial charge on any atom is -0.325 e. The van der Waals surface area contributed by atoms with E-state index < -0.39 is 10.0 Å². The summed E-state index contributed by atoms with van der Waals surface area (Å²) in [4.78, 5) is 17.8. The Kier molecular flexibility index (Phi) is 6.56. The molecular weight excluding hydrogens is 406 g/mol. The van der Waals surface area contributed by atoms with Gasteiger partial charge < -0.3 is 5.32 Å². The number of hydrogen-bond acceptors (Lipinski definition) is 5. The number of pyridine rings is 1. The molecule has 0 aliphatic rings. The fourth-order valence-electron chi connectivity index (χ4n) is 2.69. The molecule has 29 heavy (non-hydrogen) atoms. The van der Waals surface area contributed by atoms with Gasteiger partial charge in [0.1, 0.15) is 0 Å². The fourth-order valence-corrected chi connectivity index (χ4v) is 4.90. The number of fused-ring (bicyclic) bond motifs is 1. The Morgan fingerprint density at radius 3 is 2.48 bits per heavy atom. The summed E-state index contributed by atoms with van der Waals surface area (Å²) >= 11 is 1.44. The number of benzene rings is 2. The van der Waals surface area contributed by atoms with Crippen molar-refractivity contribution in [2.45, 2.75) is 29.7 Å². The van der Waals surface area contributed by atoms with E-state index in [4.69, 9.17) is 0 Å². The molecular formula is C21H23N3O3S2. The van der Waals surface area contributed by atoms with Crippen LogP contribution in [0.4, 0.5) is 5.69 Å². The molecule has 8 heteroatoms. The summed E-state index contributed by atoms with van der Waals surface area (Å²) in [5.41, 5.74) is 1.45. The SMILES string of the molecule is CC(C)N(C)S(=O)(=O)c1ccc(NC(=O)CSc2ccnc3ccccc23)cc1. The normalized spacial score (nSPS) is 11.9. The van der Waals surface area contributed by atoms with Gasteiger partial charge in [0.2, 0.25) is 15.9 Å². The van der Waals surface area contributed by atoms with Crippen molar-refractivity contribution in [3.63, 3.8) is 0 Å². The molecule has 0 spiro atoms. The molecule has 6 nitrogen and oxygen atoms in total. The van der Waals surface area contributed by atoms with Crippen LogP contribution >= 0.6 is 11.8 Å². The lowest BCUT2D eigenvalue weighted by atomic mass is 10.2. The second-order valence-electron chi connectivity index (χ2n) is 6.80. The van der Waals surface area contributed by atoms with Crippen LogP contribution in [0.1, 0.15) is 13.8 Å². The Labute approximate surface area is 175 Å². The Hall–Kier alpha value is -2.42. The first-order valence-electron chi connectivity index (χ1n) is 9.13. The van der Waals surface area contributed by atoms with Gasteiger partial charge in [0.05, 0.1) is 16.2 Å². The van der Waals surface area contributed by atoms with Crippen LogP contribution in [0.25, 0.3) is 10.9 Å². The number of aromatic nitrogens is 1. The average Bonchev–Trinajstić information content (AvgIpc) is 2.72. The van der Waals surface area contributed by atoms with E-state index in [0.717, 1.165) is 15.8 Å². The number of sulfonamides is 1. The van der Waals surface area contributed by atoms with Crippen LogP contribution in [0.15, 0.2) is 70.6 Å². The van der Waals surface area contributed by atoms with E-state index in [1.807, 2.05) is 44.2 Å². The molecule has 0 saturated carbocycles. The van der Waals surface area contributed by atoms with Crippen molar-refractivity contribution >= 4 is 44.3 Å². The molecule has 0 atom stereocenters. The number of amides is 1. The van der Waals surface area contributed by atoms with Gasteiger partial charge in [-0.1, -0.05) is 18.2 Å². The Morgan fingerprint density at radius 1 is 1.10 bits per heavy atom. The maximum Gasteiger partial charge on any atom is 0.243 e. The van der Waals surface area contributed by atoms with Crippen LogP contribution in [0, 0.1) is 0 Å². The molecule has 2 aromatic carbocycles. The minimum atomic E-state index is -3.54. The van der Waals surface area contributed by atoms with Crippen LogP contribution in [-0.4, -0.2) is 42.5 Å². The molecule has 152 valence electrons. The van der Waals surface area contributed by atoms with E-state index in [1.165, 1.54) is 28.2 Å². The lowest BCUT2D eigenvalue weighted by molar-refractivity contribution is -0.113. The third-order valence-corrected chi connectivity index (χ3v) is 7.63. The molecule has 1 heterocycles. The van der Waals surface area contributed by atoms with Crippen LogP contribution < -0.4 is 5.32 Å². The van der Waals surface area contributed by atoms with Crippen LogP contribution in [0.5, 0.6) is 0 Å². The number of para-hydroxylation sites is 1. The predicted octanol–water partition coefficient (Wildman–Crippen LogP) is 3.99. The second kappa shape index (κ2) is 8.94. The zero-order valence-corrected chi connectivity index (χ0v) is 18.1. The molecule has 1 N–H and O–H groups in total. The molecule has 1 aromatic heterocycles. The van der Waals surface area contributed by atoms with Crippen molar-refractivity contribution < 1.29 is 13.2 Å². The van der Waals surface area contributed by atoms with Gasteiger partial charge in [0.25, 0.3) is 0 Å². The van der Waals surface area contributed by atoms with E-state index in [1.54, 1.807) is 25.4 Å². The predicted molar refractivity (Wildman–Crippen MR) is 118 cm³/mol. The highest BCUT2D eigenvalue weighted by Crippen LogP contribution is 2.26. The van der Waals surface area contributed by atoms with Gasteiger partial charge in [-0.2, -0.15) is 4.31 Å². The Balaban J connectivity index is 1.64. The first kappa shape index (κ1) is 21.3. The quantitative estimate of drug-likeness (QED) is 0.575. The van der Waals surface area contributed by atoms with Crippen LogP contribution in [0.3, 0.4) is 0 Å². The number of carbonyl (C=O) groups excluding carboxylic acids is 1. The molecule has 0 bridgehead atoms. The summed E-state index contributed by atoms with van der Waals surface area (Å²) in [6, 6.07) is 15.8. The van der Waals surface area contributed by atoms with Crippen molar-refractivity contribution in [3.05, 3.63) is 60.8 Å². The van der Waals surface area contributed by atoms with Gasteiger partial charge in [-0.15, -0.1) is 11.8 Å². The molecule has 0 aliphatic heterocycles. The zero-order valence-electron chi connectivity index (χ0n) is 16.5. The zero-order chi connectivity index (χ0) is 21.0.